The van der Waals surface area contributed by atoms with Gasteiger partial charge in [-0.15, -0.1) is 11.3 Å². The second-order valence-corrected chi connectivity index (χ2v) is 8.54. The van der Waals surface area contributed by atoms with Gasteiger partial charge in [-0.2, -0.15) is 5.10 Å². The van der Waals surface area contributed by atoms with Crippen LogP contribution in [0.15, 0.2) is 17.5 Å². The fraction of sp³-hybridized carbons (Fsp3) is 0.600. The molecule has 0 spiro atoms. The summed E-state index contributed by atoms with van der Waals surface area (Å²) in [5.41, 5.74) is 3.06. The number of carbonyl (C=O) groups is 1. The van der Waals surface area contributed by atoms with Crippen molar-refractivity contribution in [2.24, 2.45) is 7.05 Å². The summed E-state index contributed by atoms with van der Waals surface area (Å²) < 4.78 is 1.92. The fourth-order valence-electron chi connectivity index (χ4n) is 4.39. The monoisotopic (exact) mass is 372 g/mol. The first-order valence-corrected chi connectivity index (χ1v) is 10.7. The van der Waals surface area contributed by atoms with Crippen LogP contribution in [-0.2, 0) is 26.4 Å². The number of hydrogen-bond acceptors (Lipinski definition) is 4. The molecule has 4 rings (SSSR count). The van der Waals surface area contributed by atoms with Crippen molar-refractivity contribution in [3.05, 3.63) is 39.3 Å². The zero-order valence-electron chi connectivity index (χ0n) is 15.5. The Morgan fingerprint density at radius 2 is 2.12 bits per heavy atom. The molecule has 1 saturated heterocycles. The summed E-state index contributed by atoms with van der Waals surface area (Å²) >= 11 is 1.67. The van der Waals surface area contributed by atoms with E-state index < -0.39 is 0 Å². The highest BCUT2D eigenvalue weighted by Crippen LogP contribution is 2.28. The highest BCUT2D eigenvalue weighted by Gasteiger charge is 2.31. The molecule has 3 heterocycles. The first-order valence-electron chi connectivity index (χ1n) is 9.82. The summed E-state index contributed by atoms with van der Waals surface area (Å²) in [5, 5.41) is 9.67. The van der Waals surface area contributed by atoms with E-state index in [9.17, 15) is 4.79 Å². The molecule has 2 aromatic rings. The molecule has 1 aliphatic carbocycles. The van der Waals surface area contributed by atoms with Crippen LogP contribution < -0.4 is 5.32 Å². The molecule has 5 nitrogen and oxygen atoms in total. The first-order chi connectivity index (χ1) is 12.7. The van der Waals surface area contributed by atoms with E-state index in [4.69, 9.17) is 0 Å². The molecule has 2 aliphatic rings. The minimum absolute atomic E-state index is 0.0354. The van der Waals surface area contributed by atoms with E-state index in [0.29, 0.717) is 18.3 Å². The van der Waals surface area contributed by atoms with Gasteiger partial charge in [-0.25, -0.2) is 0 Å². The molecule has 1 aliphatic heterocycles. The number of carbonyl (C=O) groups excluding carboxylic acids is 1. The van der Waals surface area contributed by atoms with Crippen molar-refractivity contribution in [1.29, 1.82) is 0 Å². The van der Waals surface area contributed by atoms with E-state index >= 15 is 0 Å². The van der Waals surface area contributed by atoms with E-state index in [-0.39, 0.29) is 5.91 Å². The van der Waals surface area contributed by atoms with Gasteiger partial charge >= 0.3 is 0 Å². The Morgan fingerprint density at radius 1 is 1.31 bits per heavy atom. The number of aryl methyl sites for hydroxylation is 1. The maximum absolute atomic E-state index is 12.8. The van der Waals surface area contributed by atoms with Gasteiger partial charge in [0.2, 0.25) is 0 Å². The predicted octanol–water partition coefficient (Wildman–Crippen LogP) is 3.14. The largest absolute Gasteiger partial charge is 0.346 e. The molecule has 140 valence electrons. The summed E-state index contributed by atoms with van der Waals surface area (Å²) in [7, 11) is 1.97. The van der Waals surface area contributed by atoms with Crippen molar-refractivity contribution < 1.29 is 4.79 Å². The van der Waals surface area contributed by atoms with Crippen LogP contribution in [0, 0.1) is 0 Å². The lowest BCUT2D eigenvalue weighted by atomic mass is 9.90. The van der Waals surface area contributed by atoms with Crippen LogP contribution >= 0.6 is 11.3 Å². The quantitative estimate of drug-likeness (QED) is 0.897. The number of amides is 1. The molecular formula is C20H28N4OS. The SMILES string of the molecule is Cn1nc(C(=O)NCc2cccs2)c2c1CC[C@@H](N1CCCCCC1)C2. The molecule has 1 amide bonds. The molecule has 1 atom stereocenters. The maximum atomic E-state index is 12.8. The van der Waals surface area contributed by atoms with Gasteiger partial charge in [0.05, 0.1) is 6.54 Å². The van der Waals surface area contributed by atoms with Crippen LogP contribution in [0.25, 0.3) is 0 Å². The maximum Gasteiger partial charge on any atom is 0.272 e. The van der Waals surface area contributed by atoms with Gasteiger partial charge in [0.25, 0.3) is 5.91 Å². The van der Waals surface area contributed by atoms with Gasteiger partial charge in [0.1, 0.15) is 0 Å². The summed E-state index contributed by atoms with van der Waals surface area (Å²) in [6.45, 7) is 3.00. The zero-order chi connectivity index (χ0) is 17.9. The molecule has 1 N–H and O–H groups in total. The van der Waals surface area contributed by atoms with Crippen molar-refractivity contribution in [3.8, 4) is 0 Å². The van der Waals surface area contributed by atoms with Crippen LogP contribution in [0.2, 0.25) is 0 Å². The summed E-state index contributed by atoms with van der Waals surface area (Å²) in [6.07, 6.45) is 8.51. The van der Waals surface area contributed by atoms with E-state index in [1.165, 1.54) is 61.3 Å². The second kappa shape index (κ2) is 7.92. The van der Waals surface area contributed by atoms with Crippen molar-refractivity contribution in [2.45, 2.75) is 57.5 Å². The molecule has 2 aromatic heterocycles. The average Bonchev–Trinajstić information content (AvgIpc) is 3.19. The number of fused-ring (bicyclic) bond motifs is 1. The Labute approximate surface area is 159 Å². The highest BCUT2D eigenvalue weighted by atomic mass is 32.1. The number of nitrogens with zero attached hydrogens (tertiary/aromatic N) is 3. The summed E-state index contributed by atoms with van der Waals surface area (Å²) in [4.78, 5) is 16.6. The predicted molar refractivity (Wildman–Crippen MR) is 105 cm³/mol. The summed E-state index contributed by atoms with van der Waals surface area (Å²) in [5.74, 6) is -0.0354. The minimum Gasteiger partial charge on any atom is -0.346 e. The topological polar surface area (TPSA) is 50.2 Å². The normalized spacial score (nSPS) is 21.2. The Morgan fingerprint density at radius 3 is 2.85 bits per heavy atom. The second-order valence-electron chi connectivity index (χ2n) is 7.51. The average molecular weight is 373 g/mol. The lowest BCUT2D eigenvalue weighted by Gasteiger charge is -2.33. The Bertz CT molecular complexity index is 744. The van der Waals surface area contributed by atoms with Crippen molar-refractivity contribution in [1.82, 2.24) is 20.0 Å². The van der Waals surface area contributed by atoms with Crippen LogP contribution in [0.5, 0.6) is 0 Å². The number of nitrogens with one attached hydrogen (secondary N) is 1. The van der Waals surface area contributed by atoms with Crippen LogP contribution in [0.1, 0.15) is 58.7 Å². The smallest absolute Gasteiger partial charge is 0.272 e. The zero-order valence-corrected chi connectivity index (χ0v) is 16.4. The number of aromatic nitrogens is 2. The standard InChI is InChI=1S/C20H28N4OS/c1-23-18-9-8-15(24-10-4-2-3-5-11-24)13-17(18)19(22-23)20(25)21-14-16-7-6-12-26-16/h6-7,12,15H,2-5,8-11,13-14H2,1H3,(H,21,25)/t15-/m1/s1. The molecule has 26 heavy (non-hydrogen) atoms. The molecule has 1 fully saturated rings. The van der Waals surface area contributed by atoms with E-state index in [1.54, 1.807) is 11.3 Å². The first kappa shape index (κ1) is 17.7. The van der Waals surface area contributed by atoms with Gasteiger partial charge in [-0.1, -0.05) is 18.9 Å². The van der Waals surface area contributed by atoms with Crippen molar-refractivity contribution in [2.75, 3.05) is 13.1 Å². The molecule has 0 aromatic carbocycles. The van der Waals surface area contributed by atoms with Gasteiger partial charge in [0, 0.05) is 29.2 Å². The van der Waals surface area contributed by atoms with Gasteiger partial charge < -0.3 is 10.2 Å². The van der Waals surface area contributed by atoms with Crippen LogP contribution in [0.3, 0.4) is 0 Å². The van der Waals surface area contributed by atoms with Crippen LogP contribution in [0.4, 0.5) is 0 Å². The van der Waals surface area contributed by atoms with E-state index in [1.807, 2.05) is 29.2 Å². The molecule has 0 unspecified atom stereocenters. The van der Waals surface area contributed by atoms with Gasteiger partial charge in [0.15, 0.2) is 5.69 Å². The molecule has 6 heteroatoms. The third kappa shape index (κ3) is 3.71. The Kier molecular flexibility index (Phi) is 5.41. The van der Waals surface area contributed by atoms with Crippen molar-refractivity contribution >= 4 is 17.2 Å². The number of thiophene rings is 1. The third-order valence-electron chi connectivity index (χ3n) is 5.80. The third-order valence-corrected chi connectivity index (χ3v) is 6.68. The highest BCUT2D eigenvalue weighted by molar-refractivity contribution is 7.09. The lowest BCUT2D eigenvalue weighted by Crippen LogP contribution is -2.40. The number of likely N-dealkylation sites (tertiary alicyclic amines) is 1. The Balaban J connectivity index is 1.48. The van der Waals surface area contributed by atoms with Crippen LogP contribution in [-0.4, -0.2) is 39.7 Å². The minimum atomic E-state index is -0.0354. The molecule has 0 saturated carbocycles. The molecule has 0 bridgehead atoms. The van der Waals surface area contributed by atoms with E-state index in [0.717, 1.165) is 12.8 Å². The summed E-state index contributed by atoms with van der Waals surface area (Å²) in [6, 6.07) is 4.63. The Hall–Kier alpha value is -1.66. The molecule has 0 radical (unpaired) electrons. The molecular weight excluding hydrogens is 344 g/mol. The van der Waals surface area contributed by atoms with E-state index in [2.05, 4.69) is 15.3 Å². The number of rotatable bonds is 4. The van der Waals surface area contributed by atoms with Crippen molar-refractivity contribution in [3.63, 3.8) is 0 Å². The lowest BCUT2D eigenvalue weighted by molar-refractivity contribution is 0.0943. The fourth-order valence-corrected chi connectivity index (χ4v) is 5.03. The van der Waals surface area contributed by atoms with Gasteiger partial charge in [-0.05, 0) is 56.6 Å². The van der Waals surface area contributed by atoms with Gasteiger partial charge in [-0.3, -0.25) is 9.48 Å². The number of hydrogen-bond donors (Lipinski definition) is 1.